The Morgan fingerprint density at radius 2 is 2.25 bits per heavy atom. The highest BCUT2D eigenvalue weighted by Gasteiger charge is 2.22. The van der Waals surface area contributed by atoms with Crippen molar-refractivity contribution in [3.8, 4) is 0 Å². The minimum Gasteiger partial charge on any atom is -0.465 e. The van der Waals surface area contributed by atoms with Gasteiger partial charge in [0.15, 0.2) is 0 Å². The number of hydrogen-bond acceptors (Lipinski definition) is 3. The lowest BCUT2D eigenvalue weighted by molar-refractivity contribution is 0.0593. The number of methoxy groups -OCH3 is 1. The van der Waals surface area contributed by atoms with Gasteiger partial charge in [-0.2, -0.15) is 0 Å². The molecule has 0 unspecified atom stereocenters. The van der Waals surface area contributed by atoms with Crippen molar-refractivity contribution in [1.82, 2.24) is 4.98 Å². The first-order valence-corrected chi connectivity index (χ1v) is 5.25. The second kappa shape index (κ2) is 5.29. The zero-order chi connectivity index (χ0) is 12.3. The van der Waals surface area contributed by atoms with E-state index >= 15 is 0 Å². The van der Waals surface area contributed by atoms with Crippen molar-refractivity contribution >= 4 is 21.9 Å². The van der Waals surface area contributed by atoms with Crippen molar-refractivity contribution < 1.29 is 22.7 Å². The average Bonchev–Trinajstić information content (AvgIpc) is 2.26. The summed E-state index contributed by atoms with van der Waals surface area (Å²) in [7, 11) is 1.07. The molecule has 0 aliphatic rings. The molecular weight excluding hydrogens is 291 g/mol. The van der Waals surface area contributed by atoms with Crippen LogP contribution < -0.4 is 0 Å². The molecule has 0 saturated carbocycles. The standard InChI is InChI=1S/C9H7BrF3NO2/c1-16-9(15)7-4(11)2-5(8(12)13)14-6(7)3-10/h2,8H,3H2,1H3. The predicted molar refractivity (Wildman–Crippen MR) is 53.1 cm³/mol. The Labute approximate surface area is 97.8 Å². The molecule has 1 rings (SSSR count). The molecule has 0 aliphatic carbocycles. The minimum atomic E-state index is -2.89. The molecule has 0 saturated heterocycles. The van der Waals surface area contributed by atoms with Gasteiger partial charge in [0, 0.05) is 11.4 Å². The molecule has 1 aromatic heterocycles. The van der Waals surface area contributed by atoms with Crippen LogP contribution in [0.4, 0.5) is 13.2 Å². The first kappa shape index (κ1) is 13.0. The van der Waals surface area contributed by atoms with Crippen LogP contribution in [0.3, 0.4) is 0 Å². The van der Waals surface area contributed by atoms with Crippen molar-refractivity contribution in [2.24, 2.45) is 0 Å². The van der Waals surface area contributed by atoms with Gasteiger partial charge in [-0.15, -0.1) is 0 Å². The highest BCUT2D eigenvalue weighted by Crippen LogP contribution is 2.23. The maximum absolute atomic E-state index is 13.4. The summed E-state index contributed by atoms with van der Waals surface area (Å²) in [5, 5.41) is -0.0189. The fraction of sp³-hybridized carbons (Fsp3) is 0.333. The number of carbonyl (C=O) groups excluding carboxylic acids is 1. The van der Waals surface area contributed by atoms with E-state index in [1.807, 2.05) is 0 Å². The smallest absolute Gasteiger partial charge is 0.342 e. The summed E-state index contributed by atoms with van der Waals surface area (Å²) in [5.74, 6) is -2.01. The fourth-order valence-electron chi connectivity index (χ4n) is 1.11. The van der Waals surface area contributed by atoms with Gasteiger partial charge in [0.25, 0.3) is 6.43 Å². The average molecular weight is 298 g/mol. The Bertz CT molecular complexity index is 412. The van der Waals surface area contributed by atoms with Crippen LogP contribution in [-0.2, 0) is 10.1 Å². The monoisotopic (exact) mass is 297 g/mol. The van der Waals surface area contributed by atoms with Crippen molar-refractivity contribution in [1.29, 1.82) is 0 Å². The molecule has 0 radical (unpaired) electrons. The van der Waals surface area contributed by atoms with Gasteiger partial charge in [-0.25, -0.2) is 22.9 Å². The summed E-state index contributed by atoms with van der Waals surface area (Å²) in [4.78, 5) is 14.7. The molecule has 0 aliphatic heterocycles. The zero-order valence-electron chi connectivity index (χ0n) is 8.14. The third-order valence-electron chi connectivity index (χ3n) is 1.81. The van der Waals surface area contributed by atoms with Gasteiger partial charge in [-0.05, 0) is 0 Å². The number of pyridine rings is 1. The lowest BCUT2D eigenvalue weighted by Crippen LogP contribution is -2.11. The predicted octanol–water partition coefficient (Wildman–Crippen LogP) is 2.84. The fourth-order valence-corrected chi connectivity index (χ4v) is 1.52. The second-order valence-electron chi connectivity index (χ2n) is 2.78. The molecular formula is C9H7BrF3NO2. The van der Waals surface area contributed by atoms with Crippen LogP contribution in [0.1, 0.15) is 28.2 Å². The van der Waals surface area contributed by atoms with Gasteiger partial charge in [0.05, 0.1) is 12.8 Å². The van der Waals surface area contributed by atoms with E-state index < -0.39 is 29.5 Å². The maximum Gasteiger partial charge on any atom is 0.342 e. The van der Waals surface area contributed by atoms with Crippen LogP contribution in [0, 0.1) is 5.82 Å². The molecule has 1 heterocycles. The van der Waals surface area contributed by atoms with Gasteiger partial charge < -0.3 is 4.74 Å². The topological polar surface area (TPSA) is 39.2 Å². The number of carbonyl (C=O) groups is 1. The molecule has 7 heteroatoms. The van der Waals surface area contributed by atoms with E-state index in [1.165, 1.54) is 0 Å². The Morgan fingerprint density at radius 3 is 2.69 bits per heavy atom. The largest absolute Gasteiger partial charge is 0.465 e. The van der Waals surface area contributed by atoms with Crippen molar-refractivity contribution in [2.75, 3.05) is 7.11 Å². The molecule has 1 aromatic rings. The molecule has 0 fully saturated rings. The van der Waals surface area contributed by atoms with Crippen LogP contribution >= 0.6 is 15.9 Å². The summed E-state index contributed by atoms with van der Waals surface area (Å²) >= 11 is 2.94. The Hall–Kier alpha value is -1.11. The van der Waals surface area contributed by atoms with E-state index in [2.05, 4.69) is 25.7 Å². The van der Waals surface area contributed by atoms with Crippen molar-refractivity contribution in [2.45, 2.75) is 11.8 Å². The van der Waals surface area contributed by atoms with Crippen molar-refractivity contribution in [3.63, 3.8) is 0 Å². The first-order chi connectivity index (χ1) is 7.51. The van der Waals surface area contributed by atoms with Gasteiger partial charge in [-0.3, -0.25) is 0 Å². The summed E-state index contributed by atoms with van der Waals surface area (Å²) in [6, 6.07) is 0.531. The Morgan fingerprint density at radius 1 is 1.62 bits per heavy atom. The zero-order valence-corrected chi connectivity index (χ0v) is 9.72. The highest BCUT2D eigenvalue weighted by molar-refractivity contribution is 9.08. The first-order valence-electron chi connectivity index (χ1n) is 4.13. The molecule has 0 N–H and O–H groups in total. The molecule has 0 atom stereocenters. The Balaban J connectivity index is 3.34. The maximum atomic E-state index is 13.4. The highest BCUT2D eigenvalue weighted by atomic mass is 79.9. The minimum absolute atomic E-state index is 0.0189. The van der Waals surface area contributed by atoms with Crippen LogP contribution in [0.2, 0.25) is 0 Å². The normalized spacial score (nSPS) is 10.6. The summed E-state index contributed by atoms with van der Waals surface area (Å²) in [6.45, 7) is 0. The molecule has 0 amide bonds. The van der Waals surface area contributed by atoms with E-state index in [0.717, 1.165) is 7.11 Å². The third-order valence-corrected chi connectivity index (χ3v) is 2.34. The molecule has 0 aromatic carbocycles. The van der Waals surface area contributed by atoms with E-state index in [-0.39, 0.29) is 11.0 Å². The Kier molecular flexibility index (Phi) is 4.28. The number of rotatable bonds is 3. The van der Waals surface area contributed by atoms with E-state index in [1.54, 1.807) is 0 Å². The van der Waals surface area contributed by atoms with Crippen LogP contribution in [0.25, 0.3) is 0 Å². The molecule has 3 nitrogen and oxygen atoms in total. The lowest BCUT2D eigenvalue weighted by atomic mass is 10.1. The van der Waals surface area contributed by atoms with Crippen LogP contribution in [0.15, 0.2) is 6.07 Å². The van der Waals surface area contributed by atoms with E-state index in [4.69, 9.17) is 0 Å². The van der Waals surface area contributed by atoms with Crippen LogP contribution in [-0.4, -0.2) is 18.1 Å². The quantitative estimate of drug-likeness (QED) is 0.636. The SMILES string of the molecule is COC(=O)c1c(F)cc(C(F)F)nc1CBr. The number of ether oxygens (including phenoxy) is 1. The number of hydrogen-bond donors (Lipinski definition) is 0. The molecule has 0 bridgehead atoms. The molecule has 16 heavy (non-hydrogen) atoms. The number of halogens is 4. The van der Waals surface area contributed by atoms with E-state index in [0.29, 0.717) is 6.07 Å². The number of alkyl halides is 3. The van der Waals surface area contributed by atoms with Gasteiger partial charge >= 0.3 is 5.97 Å². The lowest BCUT2D eigenvalue weighted by Gasteiger charge is -2.08. The molecule has 88 valence electrons. The van der Waals surface area contributed by atoms with Crippen LogP contribution in [0.5, 0.6) is 0 Å². The number of aromatic nitrogens is 1. The van der Waals surface area contributed by atoms with Crippen molar-refractivity contribution in [3.05, 3.63) is 28.8 Å². The summed E-state index contributed by atoms with van der Waals surface area (Å²) in [5.41, 5.74) is -1.24. The van der Waals surface area contributed by atoms with Gasteiger partial charge in [0.2, 0.25) is 0 Å². The van der Waals surface area contributed by atoms with Gasteiger partial charge in [0.1, 0.15) is 17.1 Å². The van der Waals surface area contributed by atoms with Gasteiger partial charge in [-0.1, -0.05) is 15.9 Å². The second-order valence-corrected chi connectivity index (χ2v) is 3.34. The number of nitrogens with zero attached hydrogens (tertiary/aromatic N) is 1. The molecule has 0 spiro atoms. The third kappa shape index (κ3) is 2.52. The van der Waals surface area contributed by atoms with E-state index in [9.17, 15) is 18.0 Å². The summed E-state index contributed by atoms with van der Waals surface area (Å²) < 4.78 is 42.4. The number of esters is 1. The summed E-state index contributed by atoms with van der Waals surface area (Å²) in [6.07, 6.45) is -2.89.